The summed E-state index contributed by atoms with van der Waals surface area (Å²) in [6.45, 7) is 13.6. The zero-order valence-electron chi connectivity index (χ0n) is 46.4. The molecule has 0 unspecified atom stereocenters. The summed E-state index contributed by atoms with van der Waals surface area (Å²) in [5.41, 5.74) is 5.67. The first-order valence-electron chi connectivity index (χ1n) is 27.0. The summed E-state index contributed by atoms with van der Waals surface area (Å²) in [4.78, 5) is 29.1. The van der Waals surface area contributed by atoms with Gasteiger partial charge >= 0.3 is 12.1 Å². The fraction of sp³-hybridized carbons (Fsp3) is 0.536. The van der Waals surface area contributed by atoms with Crippen molar-refractivity contribution in [1.29, 1.82) is 0 Å². The minimum Gasteiger partial charge on any atom is -0.377 e. The van der Waals surface area contributed by atoms with Gasteiger partial charge in [-0.3, -0.25) is 0 Å². The lowest BCUT2D eigenvalue weighted by atomic mass is 9.85. The zero-order valence-corrected chi connectivity index (χ0v) is 51.1. The quantitative estimate of drug-likeness (QED) is 0.0263. The first-order valence-corrected chi connectivity index (χ1v) is 31.5. The van der Waals surface area contributed by atoms with Gasteiger partial charge in [0.25, 0.3) is 0 Å². The van der Waals surface area contributed by atoms with E-state index in [0.29, 0.717) is 72.2 Å². The van der Waals surface area contributed by atoms with Crippen molar-refractivity contribution in [1.82, 2.24) is 40.5 Å². The van der Waals surface area contributed by atoms with Gasteiger partial charge in [-0.25, -0.2) is 35.9 Å². The predicted octanol–water partition coefficient (Wildman–Crippen LogP) is 8.21. The topological polar surface area (TPSA) is 218 Å². The van der Waals surface area contributed by atoms with Gasteiger partial charge in [-0.15, -0.1) is 0 Å². The normalized spacial score (nSPS) is 16.8. The van der Waals surface area contributed by atoms with Crippen LogP contribution in [0.25, 0.3) is 0 Å². The average Bonchev–Trinajstić information content (AvgIpc) is 3.41. The molecule has 2 heterocycles. The molecule has 4 atom stereocenters. The Kier molecular flexibility index (Phi) is 25.9. The van der Waals surface area contributed by atoms with Crippen LogP contribution in [0, 0.1) is 11.8 Å². The molecule has 4 aromatic rings. The molecule has 0 radical (unpaired) electrons. The van der Waals surface area contributed by atoms with Gasteiger partial charge in [-0.1, -0.05) is 98.4 Å². The molecule has 442 valence electrons. The van der Waals surface area contributed by atoms with Crippen molar-refractivity contribution in [2.24, 2.45) is 11.8 Å². The summed E-state index contributed by atoms with van der Waals surface area (Å²) in [6, 6.07) is 19.6. The fourth-order valence-electron chi connectivity index (χ4n) is 9.43. The first kappa shape index (κ1) is 65.3. The molecule has 4 aromatic carbocycles. The summed E-state index contributed by atoms with van der Waals surface area (Å²) < 4.78 is 83.2. The Morgan fingerprint density at radius 3 is 1.30 bits per heavy atom. The van der Waals surface area contributed by atoms with Crippen LogP contribution in [0.4, 0.5) is 9.59 Å². The van der Waals surface area contributed by atoms with Crippen molar-refractivity contribution in [3.05, 3.63) is 126 Å². The van der Waals surface area contributed by atoms with Gasteiger partial charge in [0.2, 0.25) is 20.0 Å². The van der Waals surface area contributed by atoms with Gasteiger partial charge in [-0.05, 0) is 121 Å². The van der Waals surface area contributed by atoms with E-state index in [4.69, 9.17) is 65.4 Å². The Hall–Kier alpha value is -3.84. The van der Waals surface area contributed by atoms with Crippen LogP contribution in [0.1, 0.15) is 85.8 Å². The molecule has 24 heteroatoms. The molecule has 0 bridgehead atoms. The molecule has 0 spiro atoms. The number of carbonyl (C=O) groups excluding carboxylic acids is 2. The van der Waals surface area contributed by atoms with Crippen molar-refractivity contribution < 1.29 is 45.4 Å². The molecule has 0 saturated carbocycles. The third-order valence-corrected chi connectivity index (χ3v) is 18.0. The molecule has 18 nitrogen and oxygen atoms in total. The van der Waals surface area contributed by atoms with Crippen LogP contribution in [0.5, 0.6) is 0 Å². The number of halogens is 4. The summed E-state index contributed by atoms with van der Waals surface area (Å²) >= 11 is 25.9. The largest absolute Gasteiger partial charge is 0.377 e. The molecule has 6 rings (SSSR count). The second-order valence-corrected chi connectivity index (χ2v) is 26.1. The van der Waals surface area contributed by atoms with Gasteiger partial charge < -0.3 is 50.0 Å². The third kappa shape index (κ3) is 19.9. The van der Waals surface area contributed by atoms with Crippen LogP contribution < -0.4 is 30.7 Å². The van der Waals surface area contributed by atoms with Crippen molar-refractivity contribution >= 4 is 78.5 Å². The van der Waals surface area contributed by atoms with Gasteiger partial charge in [0, 0.05) is 96.4 Å². The van der Waals surface area contributed by atoms with Crippen LogP contribution in [0.15, 0.2) is 82.6 Å². The van der Waals surface area contributed by atoms with Gasteiger partial charge in [-0.2, -0.15) is 0 Å². The Balaban J connectivity index is 0.757. The van der Waals surface area contributed by atoms with E-state index in [1.807, 2.05) is 66.1 Å². The number of urea groups is 2. The van der Waals surface area contributed by atoms with Gasteiger partial charge in [0.05, 0.1) is 62.6 Å². The van der Waals surface area contributed by atoms with E-state index in [9.17, 15) is 26.4 Å². The number of rotatable bonds is 31. The fourth-order valence-corrected chi connectivity index (χ4v) is 13.4. The molecule has 80 heavy (non-hydrogen) atoms. The Bertz CT molecular complexity index is 2720. The van der Waals surface area contributed by atoms with E-state index in [0.717, 1.165) is 33.4 Å². The van der Waals surface area contributed by atoms with Crippen molar-refractivity contribution in [3.8, 4) is 0 Å². The summed E-state index contributed by atoms with van der Waals surface area (Å²) in [5.74, 6) is -0.329. The van der Waals surface area contributed by atoms with Crippen molar-refractivity contribution in [3.63, 3.8) is 0 Å². The smallest absolute Gasteiger partial charge is 0.314 e. The van der Waals surface area contributed by atoms with Crippen LogP contribution in [0.2, 0.25) is 20.1 Å². The number of amides is 4. The molecule has 4 amide bonds. The van der Waals surface area contributed by atoms with E-state index in [-0.39, 0.29) is 111 Å². The number of nitrogens with zero attached hydrogens (tertiary/aromatic N) is 2. The number of unbranched alkanes of at least 4 members (excludes halogenated alkanes) is 1. The molecule has 0 saturated heterocycles. The number of sulfonamides is 2. The molecule has 0 fully saturated rings. The second kappa shape index (κ2) is 31.7. The highest BCUT2D eigenvalue weighted by Gasteiger charge is 2.31. The number of carbonyl (C=O) groups is 2. The van der Waals surface area contributed by atoms with Gasteiger partial charge in [0.15, 0.2) is 0 Å². The van der Waals surface area contributed by atoms with Crippen LogP contribution in [0.3, 0.4) is 0 Å². The monoisotopic (exact) mass is 1230 g/mol. The van der Waals surface area contributed by atoms with Gasteiger partial charge in [0.1, 0.15) is 0 Å². The van der Waals surface area contributed by atoms with Crippen molar-refractivity contribution in [2.75, 3.05) is 106 Å². The standard InChI is InChI=1S/C56H78Cl4N8O10S2/c1-37(2)53(65-79(71,72)43-13-9-11-39(25-43)47-31-67(5)33-49-45(47)27-41(57)29-51(49)59)35-77-23-21-75-19-17-63-55(69)61-15-7-8-16-62-56(70)64-18-20-76-22-24-78-36-54(38(3)4)66-80(73,74)44-14-10-12-40(26-44)48-32-68(6)34-50-46(48)28-42(58)30-52(50)60/h9-14,25-30,37-38,47-48,53-54,65-66H,7-8,15-24,31-36H2,1-6H3,(H2,61,63,69)(H2,62,64,70)/t47-,48-,53-,54+/m0/s1. The highest BCUT2D eigenvalue weighted by Crippen LogP contribution is 2.40. The highest BCUT2D eigenvalue weighted by molar-refractivity contribution is 7.89. The predicted molar refractivity (Wildman–Crippen MR) is 315 cm³/mol. The maximum absolute atomic E-state index is 13.7. The molecule has 6 N–H and O–H groups in total. The molecule has 2 aliphatic heterocycles. The molecular formula is C56H78Cl4N8O10S2. The molecule has 2 aliphatic rings. The van der Waals surface area contributed by atoms with E-state index in [2.05, 4.69) is 40.5 Å². The van der Waals surface area contributed by atoms with Crippen molar-refractivity contribution in [2.45, 2.75) is 87.3 Å². The number of hydrogen-bond donors (Lipinski definition) is 6. The van der Waals surface area contributed by atoms with Crippen LogP contribution in [-0.4, -0.2) is 157 Å². The number of nitrogens with one attached hydrogen (secondary N) is 6. The average molecular weight is 1230 g/mol. The number of ether oxygens (including phenoxy) is 4. The summed E-state index contributed by atoms with van der Waals surface area (Å²) in [7, 11) is -3.77. The van der Waals surface area contributed by atoms with E-state index < -0.39 is 32.1 Å². The van der Waals surface area contributed by atoms with E-state index in [1.165, 1.54) is 0 Å². The second-order valence-electron chi connectivity index (χ2n) is 20.9. The number of fused-ring (bicyclic) bond motifs is 2. The Morgan fingerprint density at radius 2 is 0.912 bits per heavy atom. The van der Waals surface area contributed by atoms with E-state index >= 15 is 0 Å². The lowest BCUT2D eigenvalue weighted by Crippen LogP contribution is -2.42. The highest BCUT2D eigenvalue weighted by atomic mass is 35.5. The maximum atomic E-state index is 13.7. The minimum absolute atomic E-state index is 0.0554. The number of benzene rings is 4. The zero-order chi connectivity index (χ0) is 58.0. The summed E-state index contributed by atoms with van der Waals surface area (Å²) in [6.07, 6.45) is 1.30. The third-order valence-electron chi connectivity index (χ3n) is 13.9. The molecule has 0 aliphatic carbocycles. The number of likely N-dealkylation sites (N-methyl/N-ethyl adjacent to an activating group) is 2. The molecule has 0 aromatic heterocycles. The first-order chi connectivity index (χ1) is 38.1. The minimum atomic E-state index is -3.89. The lowest BCUT2D eigenvalue weighted by Gasteiger charge is -2.33. The van der Waals surface area contributed by atoms with Crippen LogP contribution >= 0.6 is 46.4 Å². The lowest BCUT2D eigenvalue weighted by molar-refractivity contribution is 0.0381. The van der Waals surface area contributed by atoms with Crippen LogP contribution in [-0.2, 0) is 52.1 Å². The number of hydrogen-bond acceptors (Lipinski definition) is 12. The SMILES string of the molecule is CC(C)[C@H](COCCOCCNC(=O)NCCCCNC(=O)NCCOCCOC[C@@H](NS(=O)(=O)c1cccc([C@@H]2CN(C)Cc3c(Cl)cc(Cl)cc32)c1)C(C)C)NS(=O)(=O)c1cccc([C@@H]2CN(C)Cc3c(Cl)cc(Cl)cc32)c1. The maximum Gasteiger partial charge on any atom is 0.314 e. The Labute approximate surface area is 493 Å². The Morgan fingerprint density at radius 1 is 0.537 bits per heavy atom. The van der Waals surface area contributed by atoms with E-state index in [1.54, 1.807) is 48.5 Å². The summed E-state index contributed by atoms with van der Waals surface area (Å²) in [5, 5.41) is 13.3. The molecular weight excluding hydrogens is 1150 g/mol.